The number of carbonyl (C=O) groups excluding carboxylic acids is 2. The van der Waals surface area contributed by atoms with Crippen molar-refractivity contribution < 1.29 is 32.2 Å². The molecule has 0 atom stereocenters. The van der Waals surface area contributed by atoms with E-state index in [1.54, 1.807) is 47.5 Å². The second-order valence-electron chi connectivity index (χ2n) is 9.97. The number of urea groups is 1. The van der Waals surface area contributed by atoms with Crippen molar-refractivity contribution in [2.45, 2.75) is 19.0 Å². The molecule has 0 bridgehead atoms. The largest absolute Gasteiger partial charge is 0.497 e. The summed E-state index contributed by atoms with van der Waals surface area (Å²) in [5.41, 5.74) is 0.439. The molecule has 2 aromatic carbocycles. The standard InChI is InChI=1S/C31H24F3N7O4S/c1-44-23-5-2-4-19(12-23)27-24(13-20(14-35-27)31(32,33)34)40-28(43)39-21-15-36-29(37-16-21)45-22-9-7-18(8-10-22)25-17-38-30(46-25)41-11-3-6-26(41)42/h2,4-5,7-10,12-17H,3,6,11H2,1H3,(H2,39,40,43). The van der Waals surface area contributed by atoms with Gasteiger partial charge in [0.15, 0.2) is 5.13 Å². The number of methoxy groups -OCH3 is 1. The van der Waals surface area contributed by atoms with Gasteiger partial charge < -0.3 is 20.1 Å². The third-order valence-corrected chi connectivity index (χ3v) is 7.91. The molecule has 0 unspecified atom stereocenters. The van der Waals surface area contributed by atoms with Crippen molar-refractivity contribution in [1.29, 1.82) is 0 Å². The minimum absolute atomic E-state index is 0.00807. The van der Waals surface area contributed by atoms with Crippen molar-refractivity contribution in [3.8, 4) is 39.2 Å². The van der Waals surface area contributed by atoms with E-state index in [1.165, 1.54) is 30.8 Å². The lowest BCUT2D eigenvalue weighted by Gasteiger charge is -2.15. The Morgan fingerprint density at radius 1 is 0.913 bits per heavy atom. The molecule has 5 aromatic rings. The van der Waals surface area contributed by atoms with Crippen molar-refractivity contribution in [3.05, 3.63) is 84.9 Å². The van der Waals surface area contributed by atoms with Gasteiger partial charge in [-0.15, -0.1) is 0 Å². The fraction of sp³-hybridized carbons (Fsp3) is 0.161. The zero-order valence-electron chi connectivity index (χ0n) is 24.0. The van der Waals surface area contributed by atoms with Crippen LogP contribution in [0.15, 0.2) is 79.4 Å². The number of aromatic nitrogens is 4. The van der Waals surface area contributed by atoms with Crippen LogP contribution < -0.4 is 25.0 Å². The fourth-order valence-electron chi connectivity index (χ4n) is 4.60. The summed E-state index contributed by atoms with van der Waals surface area (Å²) in [5.74, 6) is 1.01. The molecule has 1 aliphatic heterocycles. The first kappa shape index (κ1) is 30.5. The minimum atomic E-state index is -4.67. The number of anilines is 3. The molecule has 46 heavy (non-hydrogen) atoms. The average Bonchev–Trinajstić information content (AvgIpc) is 3.71. The summed E-state index contributed by atoms with van der Waals surface area (Å²) >= 11 is 1.44. The van der Waals surface area contributed by atoms with Crippen LogP contribution in [0.3, 0.4) is 0 Å². The number of hydrogen-bond donors (Lipinski definition) is 2. The van der Waals surface area contributed by atoms with Crippen molar-refractivity contribution in [2.24, 2.45) is 0 Å². The van der Waals surface area contributed by atoms with E-state index in [2.05, 4.69) is 30.6 Å². The van der Waals surface area contributed by atoms with E-state index in [1.807, 2.05) is 12.1 Å². The Morgan fingerprint density at radius 2 is 1.70 bits per heavy atom. The Hall–Kier alpha value is -5.57. The van der Waals surface area contributed by atoms with Crippen LogP contribution in [0.2, 0.25) is 0 Å². The Kier molecular flexibility index (Phi) is 8.48. The van der Waals surface area contributed by atoms with E-state index < -0.39 is 17.8 Å². The van der Waals surface area contributed by atoms with Crippen LogP contribution in [0.1, 0.15) is 18.4 Å². The molecule has 1 aliphatic rings. The molecule has 2 N–H and O–H groups in total. The highest BCUT2D eigenvalue weighted by atomic mass is 32.1. The first-order valence-corrected chi connectivity index (χ1v) is 14.6. The van der Waals surface area contributed by atoms with Crippen LogP contribution in [0, 0.1) is 0 Å². The molecular weight excluding hydrogens is 623 g/mol. The Balaban J connectivity index is 1.10. The highest BCUT2D eigenvalue weighted by Crippen LogP contribution is 2.36. The molecule has 11 nitrogen and oxygen atoms in total. The predicted molar refractivity (Wildman–Crippen MR) is 165 cm³/mol. The number of carbonyl (C=O) groups is 2. The van der Waals surface area contributed by atoms with Gasteiger partial charge in [-0.2, -0.15) is 13.2 Å². The maximum Gasteiger partial charge on any atom is 0.417 e. The van der Waals surface area contributed by atoms with Crippen LogP contribution in [0.4, 0.5) is 34.5 Å². The molecule has 0 radical (unpaired) electrons. The van der Waals surface area contributed by atoms with Crippen molar-refractivity contribution >= 4 is 39.8 Å². The summed E-state index contributed by atoms with van der Waals surface area (Å²) in [6.07, 6.45) is 1.72. The van der Waals surface area contributed by atoms with Gasteiger partial charge in [-0.1, -0.05) is 23.5 Å². The molecule has 3 aromatic heterocycles. The number of benzene rings is 2. The SMILES string of the molecule is COc1cccc(-c2ncc(C(F)(F)F)cc2NC(=O)Nc2cnc(Oc3ccc(-c4cnc(N5CCCC5=O)s4)cc3)nc2)c1. The van der Waals surface area contributed by atoms with E-state index in [0.29, 0.717) is 41.4 Å². The van der Waals surface area contributed by atoms with E-state index in [9.17, 15) is 22.8 Å². The molecule has 234 valence electrons. The zero-order chi connectivity index (χ0) is 32.3. The van der Waals surface area contributed by atoms with Crippen LogP contribution >= 0.6 is 11.3 Å². The van der Waals surface area contributed by atoms with Gasteiger partial charge in [0.1, 0.15) is 11.5 Å². The van der Waals surface area contributed by atoms with Gasteiger partial charge in [0.25, 0.3) is 0 Å². The Morgan fingerprint density at radius 3 is 2.39 bits per heavy atom. The normalized spacial score (nSPS) is 13.0. The highest BCUT2D eigenvalue weighted by Gasteiger charge is 2.32. The molecule has 15 heteroatoms. The van der Waals surface area contributed by atoms with Crippen molar-refractivity contribution in [1.82, 2.24) is 19.9 Å². The number of amides is 3. The Labute approximate surface area is 264 Å². The number of nitrogens with one attached hydrogen (secondary N) is 2. The monoisotopic (exact) mass is 647 g/mol. The topological polar surface area (TPSA) is 131 Å². The average molecular weight is 648 g/mol. The Bertz CT molecular complexity index is 1880. The molecule has 1 saturated heterocycles. The first-order valence-electron chi connectivity index (χ1n) is 13.8. The maximum absolute atomic E-state index is 13.4. The van der Waals surface area contributed by atoms with E-state index in [-0.39, 0.29) is 29.0 Å². The third-order valence-electron chi connectivity index (χ3n) is 6.84. The van der Waals surface area contributed by atoms with Crippen molar-refractivity contribution in [2.75, 3.05) is 29.2 Å². The second-order valence-corrected chi connectivity index (χ2v) is 11.0. The number of hydrogen-bond acceptors (Lipinski definition) is 9. The molecule has 0 saturated carbocycles. The molecule has 0 aliphatic carbocycles. The van der Waals surface area contributed by atoms with Gasteiger partial charge in [-0.3, -0.25) is 14.7 Å². The van der Waals surface area contributed by atoms with Gasteiger partial charge in [0.2, 0.25) is 5.91 Å². The lowest BCUT2D eigenvalue weighted by molar-refractivity contribution is -0.137. The summed E-state index contributed by atoms with van der Waals surface area (Å²) in [4.78, 5) is 44.0. The van der Waals surface area contributed by atoms with E-state index >= 15 is 0 Å². The summed E-state index contributed by atoms with van der Waals surface area (Å²) in [6, 6.07) is 13.7. The number of halogens is 3. The first-order chi connectivity index (χ1) is 22.2. The van der Waals surface area contributed by atoms with Crippen LogP contribution in [0.5, 0.6) is 17.5 Å². The molecule has 1 fully saturated rings. The van der Waals surface area contributed by atoms with Gasteiger partial charge in [-0.05, 0) is 54.4 Å². The summed E-state index contributed by atoms with van der Waals surface area (Å²) in [6.45, 7) is 0.677. The predicted octanol–water partition coefficient (Wildman–Crippen LogP) is 7.25. The summed E-state index contributed by atoms with van der Waals surface area (Å²) in [7, 11) is 1.46. The minimum Gasteiger partial charge on any atom is -0.497 e. The molecule has 6 rings (SSSR count). The number of rotatable bonds is 8. The molecule has 0 spiro atoms. The lowest BCUT2D eigenvalue weighted by atomic mass is 10.1. The van der Waals surface area contributed by atoms with E-state index in [4.69, 9.17) is 9.47 Å². The van der Waals surface area contributed by atoms with Crippen molar-refractivity contribution in [3.63, 3.8) is 0 Å². The number of thiazole rings is 1. The van der Waals surface area contributed by atoms with E-state index in [0.717, 1.165) is 22.9 Å². The van der Waals surface area contributed by atoms with Gasteiger partial charge in [0.05, 0.1) is 47.0 Å². The van der Waals surface area contributed by atoms with Crippen LogP contribution in [0.25, 0.3) is 21.7 Å². The highest BCUT2D eigenvalue weighted by molar-refractivity contribution is 7.19. The van der Waals surface area contributed by atoms with Gasteiger partial charge in [0, 0.05) is 30.9 Å². The van der Waals surface area contributed by atoms with Gasteiger partial charge in [-0.25, -0.2) is 19.7 Å². The number of nitrogens with zero attached hydrogens (tertiary/aromatic N) is 5. The summed E-state index contributed by atoms with van der Waals surface area (Å²) in [5, 5.41) is 5.61. The molecular formula is C31H24F3N7O4S. The second kappa shape index (κ2) is 12.8. The number of ether oxygens (including phenoxy) is 2. The maximum atomic E-state index is 13.4. The third kappa shape index (κ3) is 6.89. The fourth-order valence-corrected chi connectivity index (χ4v) is 5.56. The van der Waals surface area contributed by atoms with Gasteiger partial charge >= 0.3 is 18.2 Å². The van der Waals surface area contributed by atoms with Crippen LogP contribution in [-0.4, -0.2) is 45.5 Å². The number of alkyl halides is 3. The smallest absolute Gasteiger partial charge is 0.417 e. The lowest BCUT2D eigenvalue weighted by Crippen LogP contribution is -2.23. The number of pyridine rings is 1. The molecule has 3 amide bonds. The quantitative estimate of drug-likeness (QED) is 0.180. The zero-order valence-corrected chi connectivity index (χ0v) is 24.9. The van der Waals surface area contributed by atoms with Crippen LogP contribution in [-0.2, 0) is 11.0 Å². The summed E-state index contributed by atoms with van der Waals surface area (Å²) < 4.78 is 51.2. The molecule has 4 heterocycles.